The van der Waals surface area contributed by atoms with Gasteiger partial charge in [-0.15, -0.1) is 0 Å². The number of hydrogen-bond donors (Lipinski definition) is 1. The SMILES string of the molecule is Cc1cccc(C)c1CC(N)C1CCC(C)CC1. The molecular formula is C17H27N. The van der Waals surface area contributed by atoms with Crippen molar-refractivity contribution in [3.63, 3.8) is 0 Å². The van der Waals surface area contributed by atoms with E-state index in [9.17, 15) is 0 Å². The molecule has 1 aromatic carbocycles. The van der Waals surface area contributed by atoms with E-state index in [0.29, 0.717) is 6.04 Å². The summed E-state index contributed by atoms with van der Waals surface area (Å²) in [4.78, 5) is 0. The smallest absolute Gasteiger partial charge is 0.0108 e. The van der Waals surface area contributed by atoms with Crippen molar-refractivity contribution >= 4 is 0 Å². The molecule has 1 fully saturated rings. The second-order valence-electron chi connectivity index (χ2n) is 6.26. The van der Waals surface area contributed by atoms with Crippen LogP contribution in [0.15, 0.2) is 18.2 Å². The molecule has 0 heterocycles. The molecule has 2 N–H and O–H groups in total. The van der Waals surface area contributed by atoms with Crippen LogP contribution in [0.3, 0.4) is 0 Å². The molecule has 1 aliphatic carbocycles. The summed E-state index contributed by atoms with van der Waals surface area (Å²) in [7, 11) is 0. The Labute approximate surface area is 112 Å². The van der Waals surface area contributed by atoms with E-state index >= 15 is 0 Å². The van der Waals surface area contributed by atoms with Gasteiger partial charge in [0, 0.05) is 6.04 Å². The van der Waals surface area contributed by atoms with Crippen LogP contribution in [0, 0.1) is 25.7 Å². The average molecular weight is 245 g/mol. The summed E-state index contributed by atoms with van der Waals surface area (Å²) in [6.07, 6.45) is 6.44. The van der Waals surface area contributed by atoms with Gasteiger partial charge in [-0.25, -0.2) is 0 Å². The van der Waals surface area contributed by atoms with Gasteiger partial charge in [0.15, 0.2) is 0 Å². The molecule has 1 aromatic rings. The van der Waals surface area contributed by atoms with Gasteiger partial charge in [-0.2, -0.15) is 0 Å². The van der Waals surface area contributed by atoms with E-state index < -0.39 is 0 Å². The lowest BCUT2D eigenvalue weighted by Gasteiger charge is -2.31. The predicted octanol–water partition coefficient (Wildman–Crippen LogP) is 4.00. The maximum atomic E-state index is 6.46. The van der Waals surface area contributed by atoms with Gasteiger partial charge in [0.2, 0.25) is 0 Å². The normalized spacial score (nSPS) is 26.0. The topological polar surface area (TPSA) is 26.0 Å². The molecule has 1 aliphatic rings. The van der Waals surface area contributed by atoms with Gasteiger partial charge in [-0.05, 0) is 61.6 Å². The highest BCUT2D eigenvalue weighted by atomic mass is 14.7. The standard InChI is InChI=1S/C17H27N/c1-12-7-9-15(10-8-12)17(18)11-16-13(2)5-4-6-14(16)3/h4-6,12,15,17H,7-11,18H2,1-3H3. The van der Waals surface area contributed by atoms with Crippen LogP contribution in [-0.4, -0.2) is 6.04 Å². The predicted molar refractivity (Wildman–Crippen MR) is 78.7 cm³/mol. The van der Waals surface area contributed by atoms with Crippen molar-refractivity contribution in [1.29, 1.82) is 0 Å². The van der Waals surface area contributed by atoms with E-state index in [4.69, 9.17) is 5.73 Å². The summed E-state index contributed by atoms with van der Waals surface area (Å²) in [6.45, 7) is 6.78. The van der Waals surface area contributed by atoms with Gasteiger partial charge in [-0.3, -0.25) is 0 Å². The van der Waals surface area contributed by atoms with Crippen molar-refractivity contribution < 1.29 is 0 Å². The summed E-state index contributed by atoms with van der Waals surface area (Å²) in [5.74, 6) is 1.65. The van der Waals surface area contributed by atoms with E-state index in [1.54, 1.807) is 0 Å². The number of rotatable bonds is 3. The van der Waals surface area contributed by atoms with Crippen LogP contribution in [0.2, 0.25) is 0 Å². The minimum atomic E-state index is 0.345. The number of aryl methyl sites for hydroxylation is 2. The third kappa shape index (κ3) is 3.14. The fraction of sp³-hybridized carbons (Fsp3) is 0.647. The molecule has 0 bridgehead atoms. The lowest BCUT2D eigenvalue weighted by atomic mass is 9.77. The Morgan fingerprint density at radius 1 is 1.11 bits per heavy atom. The van der Waals surface area contributed by atoms with E-state index in [0.717, 1.165) is 18.3 Å². The maximum Gasteiger partial charge on any atom is 0.0108 e. The molecule has 1 nitrogen and oxygen atoms in total. The zero-order valence-corrected chi connectivity index (χ0v) is 12.1. The van der Waals surface area contributed by atoms with Gasteiger partial charge in [-0.1, -0.05) is 38.0 Å². The van der Waals surface area contributed by atoms with Crippen LogP contribution < -0.4 is 5.73 Å². The third-order valence-electron chi connectivity index (χ3n) is 4.75. The largest absolute Gasteiger partial charge is 0.327 e. The molecule has 0 saturated heterocycles. The summed E-state index contributed by atoms with van der Waals surface area (Å²) < 4.78 is 0. The molecule has 1 heteroatoms. The van der Waals surface area contributed by atoms with E-state index in [1.807, 2.05) is 0 Å². The highest BCUT2D eigenvalue weighted by Crippen LogP contribution is 2.31. The maximum absolute atomic E-state index is 6.46. The molecule has 18 heavy (non-hydrogen) atoms. The second kappa shape index (κ2) is 5.88. The number of benzene rings is 1. The van der Waals surface area contributed by atoms with Crippen molar-refractivity contribution in [3.8, 4) is 0 Å². The number of nitrogens with two attached hydrogens (primary N) is 1. The van der Waals surface area contributed by atoms with Gasteiger partial charge in [0.25, 0.3) is 0 Å². The Kier molecular flexibility index (Phi) is 4.45. The van der Waals surface area contributed by atoms with Crippen LogP contribution in [0.25, 0.3) is 0 Å². The van der Waals surface area contributed by atoms with Crippen LogP contribution in [0.1, 0.15) is 49.3 Å². The zero-order chi connectivity index (χ0) is 13.1. The Morgan fingerprint density at radius 2 is 1.67 bits per heavy atom. The molecule has 100 valence electrons. The second-order valence-corrected chi connectivity index (χ2v) is 6.26. The lowest BCUT2D eigenvalue weighted by Crippen LogP contribution is -2.35. The minimum Gasteiger partial charge on any atom is -0.327 e. The zero-order valence-electron chi connectivity index (χ0n) is 12.1. The molecule has 1 unspecified atom stereocenters. The van der Waals surface area contributed by atoms with E-state index in [1.165, 1.54) is 42.4 Å². The minimum absolute atomic E-state index is 0.345. The van der Waals surface area contributed by atoms with Crippen LogP contribution >= 0.6 is 0 Å². The first kappa shape index (κ1) is 13.6. The molecule has 1 saturated carbocycles. The van der Waals surface area contributed by atoms with Crippen LogP contribution in [0.4, 0.5) is 0 Å². The molecule has 0 aromatic heterocycles. The summed E-state index contributed by atoms with van der Waals surface area (Å²) >= 11 is 0. The molecule has 0 amide bonds. The molecule has 0 radical (unpaired) electrons. The van der Waals surface area contributed by atoms with Crippen molar-refractivity contribution in [2.75, 3.05) is 0 Å². The van der Waals surface area contributed by atoms with Gasteiger partial charge in [0.1, 0.15) is 0 Å². The first-order valence-corrected chi connectivity index (χ1v) is 7.38. The molecule has 2 rings (SSSR count). The quantitative estimate of drug-likeness (QED) is 0.856. The van der Waals surface area contributed by atoms with Crippen LogP contribution in [-0.2, 0) is 6.42 Å². The highest BCUT2D eigenvalue weighted by Gasteiger charge is 2.24. The van der Waals surface area contributed by atoms with Gasteiger partial charge >= 0.3 is 0 Å². The number of hydrogen-bond acceptors (Lipinski definition) is 1. The fourth-order valence-electron chi connectivity index (χ4n) is 3.29. The molecule has 1 atom stereocenters. The summed E-state index contributed by atoms with van der Waals surface area (Å²) in [6, 6.07) is 6.90. The first-order chi connectivity index (χ1) is 8.58. The van der Waals surface area contributed by atoms with Gasteiger partial charge < -0.3 is 5.73 Å². The monoisotopic (exact) mass is 245 g/mol. The lowest BCUT2D eigenvalue weighted by molar-refractivity contribution is 0.253. The molecule has 0 aliphatic heterocycles. The average Bonchev–Trinajstić information content (AvgIpc) is 2.34. The van der Waals surface area contributed by atoms with Gasteiger partial charge in [0.05, 0.1) is 0 Å². The van der Waals surface area contributed by atoms with E-state index in [2.05, 4.69) is 39.0 Å². The highest BCUT2D eigenvalue weighted by molar-refractivity contribution is 5.34. The molecule has 0 spiro atoms. The van der Waals surface area contributed by atoms with Crippen molar-refractivity contribution in [3.05, 3.63) is 34.9 Å². The van der Waals surface area contributed by atoms with Crippen molar-refractivity contribution in [2.24, 2.45) is 17.6 Å². The first-order valence-electron chi connectivity index (χ1n) is 7.38. The van der Waals surface area contributed by atoms with Crippen LogP contribution in [0.5, 0.6) is 0 Å². The summed E-state index contributed by atoms with van der Waals surface area (Å²) in [5.41, 5.74) is 10.7. The summed E-state index contributed by atoms with van der Waals surface area (Å²) in [5, 5.41) is 0. The van der Waals surface area contributed by atoms with Crippen molar-refractivity contribution in [2.45, 2.75) is 58.9 Å². The van der Waals surface area contributed by atoms with Crippen molar-refractivity contribution in [1.82, 2.24) is 0 Å². The fourth-order valence-corrected chi connectivity index (χ4v) is 3.29. The Balaban J connectivity index is 2.00. The Morgan fingerprint density at radius 3 is 2.22 bits per heavy atom. The Hall–Kier alpha value is -0.820. The van der Waals surface area contributed by atoms with E-state index in [-0.39, 0.29) is 0 Å². The molecular weight excluding hydrogens is 218 g/mol. The Bertz CT molecular complexity index is 368. The third-order valence-corrected chi connectivity index (χ3v) is 4.75.